The predicted molar refractivity (Wildman–Crippen MR) is 98.9 cm³/mol. The molecule has 0 radical (unpaired) electrons. The molecule has 0 bridgehead atoms. The number of anilines is 1. The van der Waals surface area contributed by atoms with Crippen LogP contribution in [0, 0.1) is 5.82 Å². The first-order valence-electron chi connectivity index (χ1n) is 8.25. The molecule has 2 amide bonds. The standard InChI is InChI=1S/C19H17FN2O4S/c20-12-7-5-11(6-8-12)14(9-18(24)25)21-17(23)10-16-19(26)22-13-3-1-2-4-15(13)27-16/h1-8,14,16H,9-10H2,(H,21,23)(H,22,26)(H,24,25)/t14-,16-/m0/s1. The van der Waals surface area contributed by atoms with Gasteiger partial charge in [0.1, 0.15) is 5.82 Å². The first kappa shape index (κ1) is 18.9. The van der Waals surface area contributed by atoms with Gasteiger partial charge < -0.3 is 15.7 Å². The number of carbonyl (C=O) groups excluding carboxylic acids is 2. The van der Waals surface area contributed by atoms with E-state index in [0.29, 0.717) is 11.3 Å². The zero-order valence-corrected chi connectivity index (χ0v) is 15.0. The SMILES string of the molecule is O=C(O)C[C@H](NC(=O)C[C@@H]1Sc2ccccc2NC1=O)c1ccc(F)cc1. The van der Waals surface area contributed by atoms with Gasteiger partial charge in [-0.1, -0.05) is 24.3 Å². The van der Waals surface area contributed by atoms with Gasteiger partial charge in [-0.3, -0.25) is 14.4 Å². The lowest BCUT2D eigenvalue weighted by molar-refractivity contribution is -0.138. The number of halogens is 1. The van der Waals surface area contributed by atoms with Crippen LogP contribution in [0.4, 0.5) is 10.1 Å². The highest BCUT2D eigenvalue weighted by Crippen LogP contribution is 2.36. The molecule has 0 fully saturated rings. The van der Waals surface area contributed by atoms with E-state index in [4.69, 9.17) is 5.11 Å². The summed E-state index contributed by atoms with van der Waals surface area (Å²) in [6.07, 6.45) is -0.438. The number of aliphatic carboxylic acids is 1. The number of fused-ring (bicyclic) bond motifs is 1. The Balaban J connectivity index is 1.68. The van der Waals surface area contributed by atoms with E-state index in [9.17, 15) is 18.8 Å². The Labute approximate surface area is 159 Å². The second-order valence-electron chi connectivity index (χ2n) is 6.07. The molecule has 0 aromatic heterocycles. The van der Waals surface area contributed by atoms with E-state index >= 15 is 0 Å². The molecule has 0 spiro atoms. The maximum atomic E-state index is 13.1. The maximum absolute atomic E-state index is 13.1. The van der Waals surface area contributed by atoms with Gasteiger partial charge in [0.2, 0.25) is 11.8 Å². The number of hydrogen-bond donors (Lipinski definition) is 3. The number of rotatable bonds is 6. The number of para-hydroxylation sites is 1. The third-order valence-corrected chi connectivity index (χ3v) is 5.34. The molecule has 27 heavy (non-hydrogen) atoms. The van der Waals surface area contributed by atoms with Crippen LogP contribution in [0.2, 0.25) is 0 Å². The van der Waals surface area contributed by atoms with Crippen molar-refractivity contribution in [1.29, 1.82) is 0 Å². The van der Waals surface area contributed by atoms with Gasteiger partial charge in [0.15, 0.2) is 0 Å². The van der Waals surface area contributed by atoms with Gasteiger partial charge in [-0.2, -0.15) is 0 Å². The quantitative estimate of drug-likeness (QED) is 0.707. The van der Waals surface area contributed by atoms with E-state index in [1.165, 1.54) is 36.0 Å². The molecular weight excluding hydrogens is 371 g/mol. The summed E-state index contributed by atoms with van der Waals surface area (Å²) in [5.74, 6) is -2.26. The highest BCUT2D eigenvalue weighted by Gasteiger charge is 2.29. The minimum atomic E-state index is -1.09. The van der Waals surface area contributed by atoms with Crippen molar-refractivity contribution in [3.63, 3.8) is 0 Å². The first-order chi connectivity index (χ1) is 12.9. The van der Waals surface area contributed by atoms with Gasteiger partial charge >= 0.3 is 5.97 Å². The van der Waals surface area contributed by atoms with Gasteiger partial charge in [0, 0.05) is 11.3 Å². The molecule has 0 saturated carbocycles. The van der Waals surface area contributed by atoms with Crippen LogP contribution < -0.4 is 10.6 Å². The number of thioether (sulfide) groups is 1. The average molecular weight is 388 g/mol. The molecule has 2 aromatic carbocycles. The van der Waals surface area contributed by atoms with Crippen LogP contribution in [-0.4, -0.2) is 28.1 Å². The monoisotopic (exact) mass is 388 g/mol. The Bertz CT molecular complexity index is 872. The van der Waals surface area contributed by atoms with E-state index in [1.807, 2.05) is 18.2 Å². The van der Waals surface area contributed by atoms with Gasteiger partial charge in [-0.25, -0.2) is 4.39 Å². The molecule has 1 aliphatic rings. The van der Waals surface area contributed by atoms with Crippen molar-refractivity contribution in [2.45, 2.75) is 29.0 Å². The van der Waals surface area contributed by atoms with Crippen molar-refractivity contribution < 1.29 is 23.9 Å². The number of hydrogen-bond acceptors (Lipinski definition) is 4. The van der Waals surface area contributed by atoms with E-state index < -0.39 is 29.0 Å². The lowest BCUT2D eigenvalue weighted by Gasteiger charge is -2.24. The topological polar surface area (TPSA) is 95.5 Å². The van der Waals surface area contributed by atoms with Crippen LogP contribution >= 0.6 is 11.8 Å². The van der Waals surface area contributed by atoms with E-state index in [0.717, 1.165) is 4.90 Å². The fourth-order valence-corrected chi connectivity index (χ4v) is 3.88. The smallest absolute Gasteiger partial charge is 0.305 e. The van der Waals surface area contributed by atoms with Crippen LogP contribution in [0.25, 0.3) is 0 Å². The molecular formula is C19H17FN2O4S. The second kappa shape index (κ2) is 8.22. The molecule has 8 heteroatoms. The van der Waals surface area contributed by atoms with Crippen LogP contribution in [0.15, 0.2) is 53.4 Å². The van der Waals surface area contributed by atoms with Crippen molar-refractivity contribution >= 4 is 35.2 Å². The fraction of sp³-hybridized carbons (Fsp3) is 0.211. The Morgan fingerprint density at radius 1 is 1.19 bits per heavy atom. The molecule has 1 aliphatic heterocycles. The number of nitrogens with one attached hydrogen (secondary N) is 2. The minimum Gasteiger partial charge on any atom is -0.481 e. The summed E-state index contributed by atoms with van der Waals surface area (Å²) in [5, 5.41) is 13.9. The summed E-state index contributed by atoms with van der Waals surface area (Å²) >= 11 is 1.29. The highest BCUT2D eigenvalue weighted by molar-refractivity contribution is 8.01. The van der Waals surface area contributed by atoms with Gasteiger partial charge in [0.05, 0.1) is 23.4 Å². The Morgan fingerprint density at radius 2 is 1.89 bits per heavy atom. The molecule has 0 saturated heterocycles. The van der Waals surface area contributed by atoms with E-state index in [2.05, 4.69) is 10.6 Å². The normalized spacial score (nSPS) is 16.8. The summed E-state index contributed by atoms with van der Waals surface area (Å²) in [7, 11) is 0. The second-order valence-corrected chi connectivity index (χ2v) is 7.31. The average Bonchev–Trinajstić information content (AvgIpc) is 2.62. The van der Waals surface area contributed by atoms with Crippen molar-refractivity contribution in [2.75, 3.05) is 5.32 Å². The van der Waals surface area contributed by atoms with Crippen LogP contribution in [0.5, 0.6) is 0 Å². The lowest BCUT2D eigenvalue weighted by Crippen LogP contribution is -2.36. The third kappa shape index (κ3) is 4.85. The molecule has 0 unspecified atom stereocenters. The summed E-state index contributed by atoms with van der Waals surface area (Å²) in [6.45, 7) is 0. The lowest BCUT2D eigenvalue weighted by atomic mass is 10.0. The third-order valence-electron chi connectivity index (χ3n) is 4.06. The predicted octanol–water partition coefficient (Wildman–Crippen LogP) is 2.96. The molecule has 2 atom stereocenters. The number of benzene rings is 2. The van der Waals surface area contributed by atoms with E-state index in [-0.39, 0.29) is 18.7 Å². The van der Waals surface area contributed by atoms with Crippen LogP contribution in [0.1, 0.15) is 24.4 Å². The Morgan fingerprint density at radius 3 is 2.59 bits per heavy atom. The summed E-state index contributed by atoms with van der Waals surface area (Å²) in [5.41, 5.74) is 1.19. The molecule has 3 rings (SSSR count). The van der Waals surface area contributed by atoms with Gasteiger partial charge in [-0.05, 0) is 29.8 Å². The minimum absolute atomic E-state index is 0.0951. The van der Waals surface area contributed by atoms with Crippen molar-refractivity contribution in [3.8, 4) is 0 Å². The summed E-state index contributed by atoms with van der Waals surface area (Å²) in [4.78, 5) is 36.6. The number of amides is 2. The zero-order chi connectivity index (χ0) is 19.4. The van der Waals surface area contributed by atoms with Crippen LogP contribution in [-0.2, 0) is 14.4 Å². The van der Waals surface area contributed by atoms with Gasteiger partial charge in [0.25, 0.3) is 0 Å². The maximum Gasteiger partial charge on any atom is 0.305 e. The van der Waals surface area contributed by atoms with E-state index in [1.54, 1.807) is 6.07 Å². The largest absolute Gasteiger partial charge is 0.481 e. The zero-order valence-electron chi connectivity index (χ0n) is 14.1. The van der Waals surface area contributed by atoms with Gasteiger partial charge in [-0.15, -0.1) is 11.8 Å². The number of carboxylic acid groups (broad SMARTS) is 1. The summed E-state index contributed by atoms with van der Waals surface area (Å²) < 4.78 is 13.1. The molecule has 0 aliphatic carbocycles. The van der Waals surface area contributed by atoms with Crippen LogP contribution in [0.3, 0.4) is 0 Å². The van der Waals surface area contributed by atoms with Crippen molar-refractivity contribution in [3.05, 3.63) is 59.9 Å². The number of carbonyl (C=O) groups is 3. The van der Waals surface area contributed by atoms with Crippen molar-refractivity contribution in [2.24, 2.45) is 0 Å². The molecule has 6 nitrogen and oxygen atoms in total. The molecule has 2 aromatic rings. The van der Waals surface area contributed by atoms with Crippen molar-refractivity contribution in [1.82, 2.24) is 5.32 Å². The number of carboxylic acids is 1. The fourth-order valence-electron chi connectivity index (χ4n) is 2.77. The molecule has 1 heterocycles. The Kier molecular flexibility index (Phi) is 5.75. The Hall–Kier alpha value is -2.87. The molecule has 140 valence electrons. The highest BCUT2D eigenvalue weighted by atomic mass is 32.2. The molecule has 3 N–H and O–H groups in total. The first-order valence-corrected chi connectivity index (χ1v) is 9.13. The summed E-state index contributed by atoms with van der Waals surface area (Å²) in [6, 6.07) is 11.8.